The van der Waals surface area contributed by atoms with E-state index in [4.69, 9.17) is 9.47 Å². The van der Waals surface area contributed by atoms with E-state index in [0.717, 1.165) is 43.0 Å². The summed E-state index contributed by atoms with van der Waals surface area (Å²) >= 11 is 0. The number of carbonyl (C=O) groups excluding carboxylic acids is 1. The van der Waals surface area contributed by atoms with Gasteiger partial charge in [0, 0.05) is 19.1 Å². The lowest BCUT2D eigenvalue weighted by atomic mass is 10.1. The zero-order valence-electron chi connectivity index (χ0n) is 19.2. The van der Waals surface area contributed by atoms with Crippen molar-refractivity contribution in [3.63, 3.8) is 0 Å². The Balaban J connectivity index is 1.34. The van der Waals surface area contributed by atoms with Gasteiger partial charge in [-0.2, -0.15) is 0 Å². The molecule has 2 heterocycles. The molecule has 1 atom stereocenters. The van der Waals surface area contributed by atoms with E-state index in [0.29, 0.717) is 31.4 Å². The largest absolute Gasteiger partial charge is 0.493 e. The van der Waals surface area contributed by atoms with Crippen LogP contribution < -0.4 is 14.8 Å². The van der Waals surface area contributed by atoms with Crippen molar-refractivity contribution < 1.29 is 14.3 Å². The lowest BCUT2D eigenvalue weighted by molar-refractivity contribution is 0.0945. The third-order valence-corrected chi connectivity index (χ3v) is 5.88. The van der Waals surface area contributed by atoms with Crippen LogP contribution in [0.2, 0.25) is 0 Å². The van der Waals surface area contributed by atoms with E-state index < -0.39 is 0 Å². The molecule has 1 N–H and O–H groups in total. The molecule has 2 aromatic carbocycles. The van der Waals surface area contributed by atoms with Crippen LogP contribution in [0, 0.1) is 0 Å². The van der Waals surface area contributed by atoms with Gasteiger partial charge >= 0.3 is 0 Å². The fourth-order valence-electron chi connectivity index (χ4n) is 4.21. The van der Waals surface area contributed by atoms with Gasteiger partial charge in [-0.3, -0.25) is 14.4 Å². The van der Waals surface area contributed by atoms with Gasteiger partial charge in [-0.1, -0.05) is 41.6 Å². The first kappa shape index (κ1) is 22.8. The number of benzene rings is 2. The van der Waals surface area contributed by atoms with Crippen molar-refractivity contribution in [1.29, 1.82) is 0 Å². The summed E-state index contributed by atoms with van der Waals surface area (Å²) in [6.07, 6.45) is 3.96. The fourth-order valence-corrected chi connectivity index (χ4v) is 4.21. The van der Waals surface area contributed by atoms with Gasteiger partial charge in [0.2, 0.25) is 0 Å². The lowest BCUT2D eigenvalue weighted by Gasteiger charge is -2.24. The lowest BCUT2D eigenvalue weighted by Crippen LogP contribution is -2.32. The van der Waals surface area contributed by atoms with Crippen LogP contribution in [0.25, 0.3) is 0 Å². The highest BCUT2D eigenvalue weighted by Crippen LogP contribution is 2.30. The second-order valence-electron chi connectivity index (χ2n) is 8.18. The van der Waals surface area contributed by atoms with Gasteiger partial charge in [-0.25, -0.2) is 0 Å². The molecule has 1 amide bonds. The molecule has 0 spiro atoms. The highest BCUT2D eigenvalue weighted by atomic mass is 16.5. The standard InChI is InChI=1S/C25H31N5O3/c1-3-33-23-12-11-20(14-24(23)32-2)16-29-13-7-10-21(29)17-30-18-22(27-28-30)25(31)26-15-19-8-5-4-6-9-19/h4-6,8-9,11-12,14,18,21H,3,7,10,13,15-17H2,1-2H3,(H,26,31)/t21-/m0/s1. The number of aromatic nitrogens is 3. The zero-order valence-corrected chi connectivity index (χ0v) is 19.2. The van der Waals surface area contributed by atoms with Crippen molar-refractivity contribution in [2.75, 3.05) is 20.3 Å². The van der Waals surface area contributed by atoms with Crippen molar-refractivity contribution in [3.8, 4) is 11.5 Å². The zero-order chi connectivity index (χ0) is 23.0. The molecule has 0 radical (unpaired) electrons. The van der Waals surface area contributed by atoms with Crippen molar-refractivity contribution in [1.82, 2.24) is 25.2 Å². The quantitative estimate of drug-likeness (QED) is 0.512. The van der Waals surface area contributed by atoms with E-state index in [-0.39, 0.29) is 5.91 Å². The molecule has 174 valence electrons. The van der Waals surface area contributed by atoms with E-state index in [9.17, 15) is 4.79 Å². The predicted molar refractivity (Wildman–Crippen MR) is 125 cm³/mol. The summed E-state index contributed by atoms with van der Waals surface area (Å²) in [5.74, 6) is 1.31. The molecule has 1 aromatic heterocycles. The molecule has 8 heteroatoms. The highest BCUT2D eigenvalue weighted by molar-refractivity contribution is 5.91. The van der Waals surface area contributed by atoms with Crippen LogP contribution in [-0.4, -0.2) is 52.1 Å². The minimum absolute atomic E-state index is 0.213. The van der Waals surface area contributed by atoms with Gasteiger partial charge in [0.1, 0.15) is 0 Å². The molecule has 0 aliphatic carbocycles. The summed E-state index contributed by atoms with van der Waals surface area (Å²) in [4.78, 5) is 14.9. The monoisotopic (exact) mass is 449 g/mol. The molecule has 0 bridgehead atoms. The first-order chi connectivity index (χ1) is 16.2. The Bertz CT molecular complexity index is 1050. The molecule has 33 heavy (non-hydrogen) atoms. The van der Waals surface area contributed by atoms with Crippen LogP contribution in [0.5, 0.6) is 11.5 Å². The third kappa shape index (κ3) is 5.90. The minimum Gasteiger partial charge on any atom is -0.493 e. The van der Waals surface area contributed by atoms with Gasteiger partial charge in [-0.15, -0.1) is 5.10 Å². The molecule has 1 fully saturated rings. The van der Waals surface area contributed by atoms with Crippen LogP contribution >= 0.6 is 0 Å². The van der Waals surface area contributed by atoms with Gasteiger partial charge < -0.3 is 14.8 Å². The van der Waals surface area contributed by atoms with Crippen LogP contribution in [-0.2, 0) is 19.6 Å². The molecular formula is C25H31N5O3. The van der Waals surface area contributed by atoms with Crippen molar-refractivity contribution >= 4 is 5.91 Å². The summed E-state index contributed by atoms with van der Waals surface area (Å²) in [7, 11) is 1.67. The molecular weight excluding hydrogens is 418 g/mol. The van der Waals surface area contributed by atoms with Crippen molar-refractivity contribution in [3.05, 3.63) is 71.5 Å². The molecule has 1 aliphatic heterocycles. The van der Waals surface area contributed by atoms with Crippen LogP contribution in [0.4, 0.5) is 0 Å². The van der Waals surface area contributed by atoms with Crippen LogP contribution in [0.3, 0.4) is 0 Å². The molecule has 0 unspecified atom stereocenters. The Hall–Kier alpha value is -3.39. The predicted octanol–water partition coefficient (Wildman–Crippen LogP) is 3.28. The fraction of sp³-hybridized carbons (Fsp3) is 0.400. The summed E-state index contributed by atoms with van der Waals surface area (Å²) in [5, 5.41) is 11.2. The maximum Gasteiger partial charge on any atom is 0.273 e. The van der Waals surface area contributed by atoms with Gasteiger partial charge in [-0.05, 0) is 49.6 Å². The number of hydrogen-bond donors (Lipinski definition) is 1. The Morgan fingerprint density at radius 3 is 2.79 bits per heavy atom. The number of nitrogens with zero attached hydrogens (tertiary/aromatic N) is 4. The second-order valence-corrected chi connectivity index (χ2v) is 8.18. The van der Waals surface area contributed by atoms with E-state index in [2.05, 4.69) is 26.6 Å². The summed E-state index contributed by atoms with van der Waals surface area (Å²) in [6, 6.07) is 16.3. The molecule has 8 nitrogen and oxygen atoms in total. The number of rotatable bonds is 10. The van der Waals surface area contributed by atoms with E-state index in [1.807, 2.05) is 49.4 Å². The normalized spacial score (nSPS) is 16.0. The SMILES string of the molecule is CCOc1ccc(CN2CCC[C@H]2Cn2cc(C(=O)NCc3ccccc3)nn2)cc1OC. The van der Waals surface area contributed by atoms with Crippen LogP contribution in [0.15, 0.2) is 54.7 Å². The minimum atomic E-state index is -0.213. The average molecular weight is 450 g/mol. The maximum absolute atomic E-state index is 12.4. The molecule has 1 aliphatic rings. The molecule has 0 saturated carbocycles. The number of amides is 1. The van der Waals surface area contributed by atoms with Crippen molar-refractivity contribution in [2.24, 2.45) is 0 Å². The van der Waals surface area contributed by atoms with E-state index in [1.165, 1.54) is 5.56 Å². The van der Waals surface area contributed by atoms with E-state index in [1.54, 1.807) is 18.0 Å². The van der Waals surface area contributed by atoms with Gasteiger partial charge in [0.05, 0.1) is 26.5 Å². The Morgan fingerprint density at radius 1 is 1.15 bits per heavy atom. The topological polar surface area (TPSA) is 81.5 Å². The Labute approximate surface area is 194 Å². The Morgan fingerprint density at radius 2 is 2.00 bits per heavy atom. The first-order valence-corrected chi connectivity index (χ1v) is 11.4. The number of hydrogen-bond acceptors (Lipinski definition) is 6. The summed E-state index contributed by atoms with van der Waals surface area (Å²) in [6.45, 7) is 5.59. The summed E-state index contributed by atoms with van der Waals surface area (Å²) in [5.41, 5.74) is 2.57. The maximum atomic E-state index is 12.4. The third-order valence-electron chi connectivity index (χ3n) is 5.88. The molecule has 4 rings (SSSR count). The van der Waals surface area contributed by atoms with Gasteiger partial charge in [0.15, 0.2) is 17.2 Å². The number of ether oxygens (including phenoxy) is 2. The second kappa shape index (κ2) is 11.0. The van der Waals surface area contributed by atoms with Crippen LogP contribution in [0.1, 0.15) is 41.4 Å². The number of carbonyl (C=O) groups is 1. The number of methoxy groups -OCH3 is 1. The van der Waals surface area contributed by atoms with Crippen molar-refractivity contribution in [2.45, 2.75) is 45.4 Å². The summed E-state index contributed by atoms with van der Waals surface area (Å²) < 4.78 is 12.9. The highest BCUT2D eigenvalue weighted by Gasteiger charge is 2.26. The van der Waals surface area contributed by atoms with Gasteiger partial charge in [0.25, 0.3) is 5.91 Å². The smallest absolute Gasteiger partial charge is 0.273 e. The first-order valence-electron chi connectivity index (χ1n) is 11.4. The number of nitrogens with one attached hydrogen (secondary N) is 1. The Kier molecular flexibility index (Phi) is 7.57. The molecule has 1 saturated heterocycles. The molecule has 3 aromatic rings. The number of likely N-dealkylation sites (tertiary alicyclic amines) is 1. The average Bonchev–Trinajstić information content (AvgIpc) is 3.49. The van der Waals surface area contributed by atoms with E-state index >= 15 is 0 Å².